The van der Waals surface area contributed by atoms with Crippen LogP contribution in [0.15, 0.2) is 53.4 Å². The van der Waals surface area contributed by atoms with Gasteiger partial charge in [0, 0.05) is 40.8 Å². The first-order valence-corrected chi connectivity index (χ1v) is 10.8. The molecular weight excluding hydrogens is 450 g/mol. The van der Waals surface area contributed by atoms with Crippen LogP contribution in [0.5, 0.6) is 0 Å². The maximum Gasteiger partial charge on any atom is 0.323 e. The normalized spacial score (nSPS) is 15.2. The van der Waals surface area contributed by atoms with Crippen LogP contribution < -0.4 is 0 Å². The van der Waals surface area contributed by atoms with E-state index in [1.807, 2.05) is 31.2 Å². The maximum absolute atomic E-state index is 12.7. The van der Waals surface area contributed by atoms with Gasteiger partial charge < -0.3 is 9.67 Å². The van der Waals surface area contributed by atoms with Crippen molar-refractivity contribution in [3.05, 3.63) is 80.4 Å². The van der Waals surface area contributed by atoms with Crippen molar-refractivity contribution in [1.29, 1.82) is 0 Å². The quantitative estimate of drug-likeness (QED) is 0.251. The molecule has 4 rings (SSSR count). The van der Waals surface area contributed by atoms with E-state index in [2.05, 4.69) is 4.57 Å². The average Bonchev–Trinajstić information content (AvgIpc) is 3.17. The molecule has 1 aliphatic heterocycles. The van der Waals surface area contributed by atoms with E-state index in [4.69, 9.17) is 17.3 Å². The van der Waals surface area contributed by atoms with Crippen LogP contribution in [0.1, 0.15) is 16.8 Å². The predicted molar refractivity (Wildman–Crippen MR) is 126 cm³/mol. The number of nitro groups is 1. The Bertz CT molecular complexity index is 1310. The molecule has 0 bridgehead atoms. The third-order valence-electron chi connectivity index (χ3n) is 5.21. The summed E-state index contributed by atoms with van der Waals surface area (Å²) in [6.07, 6.45) is 1.76. The number of non-ortho nitro benzene ring substituents is 1. The number of carbonyl (C=O) groups is 2. The first-order valence-electron chi connectivity index (χ1n) is 9.54. The van der Waals surface area contributed by atoms with Gasteiger partial charge in [-0.1, -0.05) is 54.3 Å². The molecule has 1 N–H and O–H groups in total. The molecule has 2 heterocycles. The van der Waals surface area contributed by atoms with Crippen LogP contribution in [0, 0.1) is 17.0 Å². The van der Waals surface area contributed by atoms with Gasteiger partial charge in [-0.3, -0.25) is 24.6 Å². The topological polar surface area (TPSA) is 106 Å². The minimum atomic E-state index is -1.13. The number of rotatable bonds is 6. The number of thiocarbonyl (C=S) groups is 1. The molecule has 1 amide bonds. The molecule has 2 aromatic carbocycles. The molecule has 1 saturated heterocycles. The van der Waals surface area contributed by atoms with E-state index < -0.39 is 23.3 Å². The van der Waals surface area contributed by atoms with Crippen molar-refractivity contribution in [2.45, 2.75) is 13.5 Å². The standard InChI is InChI=1S/C22H17N3O5S2/c1-13-17(10-19-21(28)24(12-20(26)27)22(31)32-19)16-4-2-3-5-18(16)23(13)11-14-6-8-15(9-7-14)25(29)30/h2-10H,11-12H2,1H3,(H,26,27)/b19-10+. The van der Waals surface area contributed by atoms with Gasteiger partial charge in [0.25, 0.3) is 11.6 Å². The lowest BCUT2D eigenvalue weighted by Gasteiger charge is -2.10. The molecular formula is C22H17N3O5S2. The highest BCUT2D eigenvalue weighted by Gasteiger charge is 2.33. The lowest BCUT2D eigenvalue weighted by Crippen LogP contribution is -2.33. The molecule has 0 atom stereocenters. The molecule has 1 fully saturated rings. The van der Waals surface area contributed by atoms with E-state index in [-0.39, 0.29) is 10.0 Å². The maximum atomic E-state index is 12.7. The summed E-state index contributed by atoms with van der Waals surface area (Å²) in [5.74, 6) is -1.55. The van der Waals surface area contributed by atoms with Gasteiger partial charge >= 0.3 is 5.97 Å². The zero-order chi connectivity index (χ0) is 23.0. The highest BCUT2D eigenvalue weighted by atomic mass is 32.2. The van der Waals surface area contributed by atoms with Crippen LogP contribution in [-0.4, -0.2) is 42.2 Å². The Labute approximate surface area is 192 Å². The Morgan fingerprint density at radius 1 is 1.22 bits per heavy atom. The number of carboxylic acid groups (broad SMARTS) is 1. The number of amides is 1. The van der Waals surface area contributed by atoms with E-state index >= 15 is 0 Å². The number of hydrogen-bond acceptors (Lipinski definition) is 6. The van der Waals surface area contributed by atoms with Crippen LogP contribution in [0.25, 0.3) is 17.0 Å². The minimum absolute atomic E-state index is 0.0342. The van der Waals surface area contributed by atoms with Gasteiger partial charge in [0.1, 0.15) is 10.9 Å². The van der Waals surface area contributed by atoms with Crippen LogP contribution >= 0.6 is 24.0 Å². The van der Waals surface area contributed by atoms with Crippen molar-refractivity contribution in [2.24, 2.45) is 0 Å². The second-order valence-corrected chi connectivity index (χ2v) is 8.86. The number of aromatic nitrogens is 1. The molecule has 10 heteroatoms. The Balaban J connectivity index is 1.74. The van der Waals surface area contributed by atoms with Gasteiger partial charge in [0.15, 0.2) is 0 Å². The van der Waals surface area contributed by atoms with Crippen LogP contribution in [0.2, 0.25) is 0 Å². The molecule has 162 valence electrons. The van der Waals surface area contributed by atoms with Gasteiger partial charge in [-0.05, 0) is 24.6 Å². The first kappa shape index (κ1) is 21.7. The van der Waals surface area contributed by atoms with Crippen LogP contribution in [0.4, 0.5) is 5.69 Å². The lowest BCUT2D eigenvalue weighted by molar-refractivity contribution is -0.384. The Morgan fingerprint density at radius 2 is 1.91 bits per heavy atom. The number of nitro benzene ring substituents is 1. The van der Waals surface area contributed by atoms with Gasteiger partial charge in [-0.15, -0.1) is 0 Å². The summed E-state index contributed by atoms with van der Waals surface area (Å²) in [6, 6.07) is 14.2. The molecule has 1 aliphatic rings. The molecule has 8 nitrogen and oxygen atoms in total. The Kier molecular flexibility index (Phi) is 5.81. The summed E-state index contributed by atoms with van der Waals surface area (Å²) in [4.78, 5) is 35.7. The number of carbonyl (C=O) groups excluding carboxylic acids is 1. The van der Waals surface area contributed by atoms with Crippen molar-refractivity contribution in [1.82, 2.24) is 9.47 Å². The highest BCUT2D eigenvalue weighted by Crippen LogP contribution is 2.36. The smallest absolute Gasteiger partial charge is 0.323 e. The third kappa shape index (κ3) is 4.02. The van der Waals surface area contributed by atoms with Crippen molar-refractivity contribution in [2.75, 3.05) is 6.54 Å². The SMILES string of the molecule is Cc1c(/C=C2/SC(=S)N(CC(=O)O)C2=O)c2ccccc2n1Cc1ccc([N+](=O)[O-])cc1. The number of fused-ring (bicyclic) bond motifs is 1. The van der Waals surface area contributed by atoms with Crippen molar-refractivity contribution in [3.8, 4) is 0 Å². The fourth-order valence-corrected chi connectivity index (χ4v) is 4.89. The lowest BCUT2D eigenvalue weighted by atomic mass is 10.1. The predicted octanol–water partition coefficient (Wildman–Crippen LogP) is 4.19. The molecule has 0 unspecified atom stereocenters. The van der Waals surface area contributed by atoms with E-state index in [0.29, 0.717) is 11.4 Å². The average molecular weight is 468 g/mol. The fraction of sp³-hybridized carbons (Fsp3) is 0.136. The largest absolute Gasteiger partial charge is 0.480 e. The summed E-state index contributed by atoms with van der Waals surface area (Å²) in [6.45, 7) is 1.97. The molecule has 0 spiro atoms. The second kappa shape index (κ2) is 8.56. The fourth-order valence-electron chi connectivity index (χ4n) is 3.65. The van der Waals surface area contributed by atoms with Crippen LogP contribution in [0.3, 0.4) is 0 Å². The monoisotopic (exact) mass is 467 g/mol. The highest BCUT2D eigenvalue weighted by molar-refractivity contribution is 8.26. The van der Waals surface area contributed by atoms with E-state index in [1.54, 1.807) is 18.2 Å². The molecule has 0 radical (unpaired) electrons. The number of para-hydroxylation sites is 1. The molecule has 0 aliphatic carbocycles. The molecule has 1 aromatic heterocycles. The summed E-state index contributed by atoms with van der Waals surface area (Å²) in [5.41, 5.74) is 3.65. The summed E-state index contributed by atoms with van der Waals surface area (Å²) in [5, 5.41) is 20.9. The zero-order valence-electron chi connectivity index (χ0n) is 16.8. The number of hydrogen-bond donors (Lipinski definition) is 1. The third-order valence-corrected chi connectivity index (χ3v) is 6.59. The number of thioether (sulfide) groups is 1. The van der Waals surface area contributed by atoms with Crippen molar-refractivity contribution in [3.63, 3.8) is 0 Å². The number of carboxylic acids is 1. The minimum Gasteiger partial charge on any atom is -0.480 e. The van der Waals surface area contributed by atoms with Crippen molar-refractivity contribution >= 4 is 62.8 Å². The summed E-state index contributed by atoms with van der Waals surface area (Å²) >= 11 is 6.28. The second-order valence-electron chi connectivity index (χ2n) is 7.19. The summed E-state index contributed by atoms with van der Waals surface area (Å²) < 4.78 is 2.30. The zero-order valence-corrected chi connectivity index (χ0v) is 18.5. The van der Waals surface area contributed by atoms with E-state index in [1.165, 1.54) is 12.1 Å². The summed E-state index contributed by atoms with van der Waals surface area (Å²) in [7, 11) is 0. The Hall–Kier alpha value is -3.50. The molecule has 3 aromatic rings. The number of aliphatic carboxylic acids is 1. The number of benzene rings is 2. The van der Waals surface area contributed by atoms with E-state index in [9.17, 15) is 19.7 Å². The van der Waals surface area contributed by atoms with Gasteiger partial charge in [0.2, 0.25) is 0 Å². The first-order chi connectivity index (χ1) is 15.3. The Morgan fingerprint density at radius 3 is 2.56 bits per heavy atom. The van der Waals surface area contributed by atoms with E-state index in [0.717, 1.165) is 44.4 Å². The van der Waals surface area contributed by atoms with Crippen molar-refractivity contribution < 1.29 is 19.6 Å². The molecule has 32 heavy (non-hydrogen) atoms. The van der Waals surface area contributed by atoms with Gasteiger partial charge in [0.05, 0.1) is 9.83 Å². The molecule has 0 saturated carbocycles. The van der Waals surface area contributed by atoms with Crippen LogP contribution in [-0.2, 0) is 16.1 Å². The number of nitrogens with zero attached hydrogens (tertiary/aromatic N) is 3. The van der Waals surface area contributed by atoms with Gasteiger partial charge in [-0.2, -0.15) is 0 Å². The van der Waals surface area contributed by atoms with Gasteiger partial charge in [-0.25, -0.2) is 0 Å².